The molecule has 1 N–H and O–H groups in total. The highest BCUT2D eigenvalue weighted by atomic mass is 19.2. The fourth-order valence-corrected chi connectivity index (χ4v) is 9.29. The number of rotatable bonds is 25. The van der Waals surface area contributed by atoms with Gasteiger partial charge in [-0.3, -0.25) is 0 Å². The van der Waals surface area contributed by atoms with Crippen LogP contribution < -0.4 is 26.8 Å². The van der Waals surface area contributed by atoms with E-state index < -0.39 is 144 Å². The van der Waals surface area contributed by atoms with E-state index in [1.807, 2.05) is 0 Å². The average molecular weight is 1100 g/mol. The van der Waals surface area contributed by atoms with E-state index in [1.165, 1.54) is 140 Å². The normalized spacial score (nSPS) is 12.1. The lowest BCUT2D eigenvalue weighted by Gasteiger charge is -2.44. The van der Waals surface area contributed by atoms with Gasteiger partial charge in [-0.2, -0.15) is 0 Å². The predicted octanol–water partition coefficient (Wildman–Crippen LogP) is 14.3. The molecule has 0 fully saturated rings. The summed E-state index contributed by atoms with van der Waals surface area (Å²) in [6, 6.07) is 9.35. The van der Waals surface area contributed by atoms with Crippen molar-refractivity contribution >= 4 is 33.7 Å². The molecule has 5 aromatic rings. The van der Waals surface area contributed by atoms with Crippen LogP contribution in [-0.2, 0) is 6.42 Å². The van der Waals surface area contributed by atoms with E-state index in [9.17, 15) is 52.7 Å². The summed E-state index contributed by atoms with van der Waals surface area (Å²) < 4.78 is 294. The van der Waals surface area contributed by atoms with Crippen molar-refractivity contribution in [3.05, 3.63) is 146 Å². The molecule has 1 atom stereocenters. The maximum absolute atomic E-state index is 15.4. The average Bonchev–Trinajstić information content (AvgIpc) is 3.40. The fourth-order valence-electron chi connectivity index (χ4n) is 9.29. The van der Waals surface area contributed by atoms with Crippen molar-refractivity contribution in [3.8, 4) is 0 Å². The monoisotopic (exact) mass is 1100 g/mol. The van der Waals surface area contributed by atoms with Crippen LogP contribution in [0.5, 0.6) is 0 Å². The van der Waals surface area contributed by atoms with E-state index in [1.54, 1.807) is 4.90 Å². The molecule has 0 bridgehead atoms. The predicted molar refractivity (Wildman–Crippen MR) is 245 cm³/mol. The van der Waals surface area contributed by atoms with Crippen molar-refractivity contribution in [2.45, 2.75) is 136 Å². The van der Waals surface area contributed by atoms with Gasteiger partial charge in [-0.15, -0.1) is 21.9 Å². The molecule has 0 saturated heterocycles. The number of nitrogens with one attached hydrogen (secondary N) is 1. The second-order valence-corrected chi connectivity index (χ2v) is 18.4. The molecule has 1 nitrogen and oxygen atoms in total. The third-order valence-corrected chi connectivity index (χ3v) is 13.4. The molecule has 414 valence electrons. The molecule has 0 aliphatic heterocycles. The number of quaternary nitrogens is 1. The zero-order valence-electron chi connectivity index (χ0n) is 41.1. The van der Waals surface area contributed by atoms with Gasteiger partial charge < -0.3 is 4.90 Å². The first kappa shape index (κ1) is 62.3. The lowest BCUT2D eigenvalue weighted by Crippen LogP contribution is -3.03. The van der Waals surface area contributed by atoms with Crippen LogP contribution in [0, 0.1) is 116 Å². The van der Waals surface area contributed by atoms with E-state index in [0.717, 1.165) is 0 Å². The molecule has 1 unspecified atom stereocenters. The summed E-state index contributed by atoms with van der Waals surface area (Å²) >= 11 is 0. The minimum atomic E-state index is -7.22. The van der Waals surface area contributed by atoms with Crippen LogP contribution >= 0.6 is 0 Å². The Balaban J connectivity index is 0.000000354. The molecule has 5 aromatic carbocycles. The van der Waals surface area contributed by atoms with Gasteiger partial charge in [0.1, 0.15) is 58.4 Å². The summed E-state index contributed by atoms with van der Waals surface area (Å²) in [7, 11) is 2.33. The SMILES string of the molecule is CCCCCCCCCCCCCCCCCC[NH+](C)c1ccc(CCCC)cc1.Fc1c(F)c(F)c([B-](c2c(F)c(F)c(F)c(F)c2F)(c2c(F)c(F)c(F)c(F)c2F)c2c(F)c(F)c(F)c(F)c2F)c(F)c1F. The van der Waals surface area contributed by atoms with Gasteiger partial charge in [0.25, 0.3) is 0 Å². The Morgan fingerprint density at radius 1 is 0.280 bits per heavy atom. The Kier molecular flexibility index (Phi) is 23.4. The summed E-state index contributed by atoms with van der Waals surface area (Å²) in [6.07, 6.45) is 19.7. The molecule has 0 radical (unpaired) electrons. The standard InChI is InChI=1S/C29H53N.C24BF20/c1-4-6-8-9-10-11-12-13-14-15-16-17-18-19-20-21-27-30(3)29-25-23-28(24-26-29)22-7-5-2;26-5-1(6(27)14(35)21(42)13(5)34)25(2-7(28)15(36)22(43)16(37)8(2)29,3-9(30)17(38)23(44)18(39)10(3)31)4-11(32)19(40)24(45)20(41)12(4)33/h23-26H,4-22,27H2,1-3H3;/q;-1/p+1. The maximum Gasteiger partial charge on any atom is 0.200 e. The van der Waals surface area contributed by atoms with Gasteiger partial charge in [0.05, 0.1) is 13.6 Å². The van der Waals surface area contributed by atoms with E-state index >= 15 is 35.1 Å². The molecule has 5 rings (SSSR count). The molecule has 0 heterocycles. The number of halogens is 20. The van der Waals surface area contributed by atoms with Gasteiger partial charge in [-0.05, 0) is 43.4 Å². The van der Waals surface area contributed by atoms with Crippen molar-refractivity contribution in [2.24, 2.45) is 0 Å². The lowest BCUT2D eigenvalue weighted by atomic mass is 9.12. The van der Waals surface area contributed by atoms with Gasteiger partial charge in [0.15, 0.2) is 69.8 Å². The number of hydrogen-bond donors (Lipinski definition) is 1. The Morgan fingerprint density at radius 3 is 0.733 bits per heavy atom. The molecule has 0 saturated carbocycles. The number of aryl methyl sites for hydroxylation is 1. The van der Waals surface area contributed by atoms with E-state index in [2.05, 4.69) is 45.2 Å². The molecule has 75 heavy (non-hydrogen) atoms. The van der Waals surface area contributed by atoms with Gasteiger partial charge in [0.2, 0.25) is 0 Å². The zero-order valence-corrected chi connectivity index (χ0v) is 41.1. The highest BCUT2D eigenvalue weighted by Crippen LogP contribution is 2.31. The van der Waals surface area contributed by atoms with E-state index in [0.29, 0.717) is 0 Å². The summed E-state index contributed by atoms with van der Waals surface area (Å²) in [5, 5.41) is 0. The molecular weight excluding hydrogens is 1040 g/mol. The maximum atomic E-state index is 15.4. The van der Waals surface area contributed by atoms with Gasteiger partial charge in [0, 0.05) is 0 Å². The van der Waals surface area contributed by atoms with Crippen molar-refractivity contribution in [2.75, 3.05) is 13.6 Å². The van der Waals surface area contributed by atoms with Gasteiger partial charge in [-0.1, -0.05) is 122 Å². The molecule has 0 amide bonds. The minimum absolute atomic E-state index is 1.23. The third-order valence-electron chi connectivity index (χ3n) is 13.4. The van der Waals surface area contributed by atoms with Crippen LogP contribution in [-0.4, -0.2) is 19.7 Å². The number of hydrogen-bond acceptors (Lipinski definition) is 0. The Labute approximate surface area is 421 Å². The first-order valence-electron chi connectivity index (χ1n) is 24.6. The number of benzene rings is 5. The smallest absolute Gasteiger partial charge is 0.200 e. The van der Waals surface area contributed by atoms with Crippen molar-refractivity contribution < 1.29 is 92.7 Å². The van der Waals surface area contributed by atoms with Crippen molar-refractivity contribution in [1.29, 1.82) is 0 Å². The fraction of sp³-hybridized carbons (Fsp3) is 0.434. The van der Waals surface area contributed by atoms with Crippen LogP contribution in [0.1, 0.15) is 135 Å². The molecule has 0 aliphatic carbocycles. The summed E-state index contributed by atoms with van der Waals surface area (Å²) in [5.74, 6) is -71.4. The molecule has 0 spiro atoms. The summed E-state index contributed by atoms with van der Waals surface area (Å²) in [6.45, 7) is 5.84. The van der Waals surface area contributed by atoms with E-state index in [-0.39, 0.29) is 0 Å². The first-order chi connectivity index (χ1) is 35.5. The van der Waals surface area contributed by atoms with Gasteiger partial charge >= 0.3 is 0 Å². The number of unbranched alkanes of at least 4 members (excludes halogenated alkanes) is 16. The summed E-state index contributed by atoms with van der Waals surface area (Å²) in [4.78, 5) is 1.57. The molecule has 0 aliphatic rings. The largest absolute Gasteiger partial charge is 0.305 e. The topological polar surface area (TPSA) is 4.44 Å². The highest BCUT2D eigenvalue weighted by molar-refractivity contribution is 7.20. The second-order valence-electron chi connectivity index (χ2n) is 18.4. The van der Waals surface area contributed by atoms with Crippen LogP contribution in [0.2, 0.25) is 0 Å². The van der Waals surface area contributed by atoms with Crippen LogP contribution in [0.4, 0.5) is 93.5 Å². The van der Waals surface area contributed by atoms with Crippen LogP contribution in [0.25, 0.3) is 0 Å². The lowest BCUT2D eigenvalue weighted by molar-refractivity contribution is -0.810. The summed E-state index contributed by atoms with van der Waals surface area (Å²) in [5.41, 5.74) is -11.4. The van der Waals surface area contributed by atoms with Gasteiger partial charge in [-0.25, -0.2) is 87.8 Å². The first-order valence-corrected chi connectivity index (χ1v) is 24.6. The zero-order chi connectivity index (χ0) is 56.1. The third kappa shape index (κ3) is 13.5. The van der Waals surface area contributed by atoms with Crippen molar-refractivity contribution in [3.63, 3.8) is 0 Å². The molecule has 0 aromatic heterocycles. The minimum Gasteiger partial charge on any atom is -0.305 e. The quantitative estimate of drug-likeness (QED) is 0.0195. The Bertz CT molecular complexity index is 2350. The Hall–Kier alpha value is -5.28. The van der Waals surface area contributed by atoms with Crippen molar-refractivity contribution in [1.82, 2.24) is 0 Å². The van der Waals surface area contributed by atoms with Crippen LogP contribution in [0.15, 0.2) is 24.3 Å². The molecule has 22 heteroatoms. The van der Waals surface area contributed by atoms with E-state index in [4.69, 9.17) is 0 Å². The van der Waals surface area contributed by atoms with Crippen LogP contribution in [0.3, 0.4) is 0 Å². The highest BCUT2D eigenvalue weighted by Gasteiger charge is 2.52. The second kappa shape index (κ2) is 28.2. The Morgan fingerprint density at radius 2 is 0.493 bits per heavy atom. The molecular formula is C53H54BF20N.